The fraction of sp³-hybridized carbons (Fsp3) is 0.450. The van der Waals surface area contributed by atoms with Gasteiger partial charge in [-0.3, -0.25) is 9.48 Å². The van der Waals surface area contributed by atoms with Gasteiger partial charge in [-0.15, -0.1) is 0 Å². The molecule has 1 aliphatic rings. The molecule has 4 heterocycles. The molecule has 0 aromatic carbocycles. The molecule has 0 bridgehead atoms. The molecule has 3 aromatic rings. The van der Waals surface area contributed by atoms with Crippen molar-refractivity contribution in [1.29, 1.82) is 0 Å². The number of fused-ring (bicyclic) bond motifs is 1. The number of primary amides is 1. The van der Waals surface area contributed by atoms with Gasteiger partial charge in [-0.1, -0.05) is 0 Å². The summed E-state index contributed by atoms with van der Waals surface area (Å²) in [5, 5.41) is 4.42. The zero-order valence-electron chi connectivity index (χ0n) is 15.5. The van der Waals surface area contributed by atoms with Crippen LogP contribution in [0.3, 0.4) is 0 Å². The molecule has 2 N–H and O–H groups in total. The summed E-state index contributed by atoms with van der Waals surface area (Å²) in [6, 6.07) is 5.96. The molecule has 1 amide bonds. The molecular weight excluding hydrogens is 344 g/mol. The average molecular weight is 368 g/mol. The van der Waals surface area contributed by atoms with Crippen LogP contribution in [0.5, 0.6) is 0 Å². The maximum atomic E-state index is 10.9. The van der Waals surface area contributed by atoms with Crippen molar-refractivity contribution in [3.8, 4) is 11.5 Å². The Balaban J connectivity index is 1.58. The highest BCUT2D eigenvalue weighted by atomic mass is 16.5. The van der Waals surface area contributed by atoms with Crippen molar-refractivity contribution in [2.75, 3.05) is 6.61 Å². The first-order valence-electron chi connectivity index (χ1n) is 9.45. The highest BCUT2D eigenvalue weighted by molar-refractivity contribution is 5.81. The van der Waals surface area contributed by atoms with E-state index in [4.69, 9.17) is 19.9 Å². The van der Waals surface area contributed by atoms with Crippen molar-refractivity contribution in [1.82, 2.24) is 14.8 Å². The summed E-state index contributed by atoms with van der Waals surface area (Å²) in [6.07, 6.45) is 6.09. The third-order valence-electron chi connectivity index (χ3n) is 4.96. The van der Waals surface area contributed by atoms with Crippen molar-refractivity contribution in [2.45, 2.75) is 51.7 Å². The van der Waals surface area contributed by atoms with Crippen molar-refractivity contribution in [2.24, 2.45) is 5.73 Å². The molecule has 7 nitrogen and oxygen atoms in total. The summed E-state index contributed by atoms with van der Waals surface area (Å²) < 4.78 is 13.7. The highest BCUT2D eigenvalue weighted by Crippen LogP contribution is 2.32. The van der Waals surface area contributed by atoms with Crippen LogP contribution in [0.15, 0.2) is 28.8 Å². The summed E-state index contributed by atoms with van der Waals surface area (Å²) in [6.45, 7) is 3.46. The Bertz CT molecular complexity index is 953. The van der Waals surface area contributed by atoms with Crippen molar-refractivity contribution < 1.29 is 13.9 Å². The van der Waals surface area contributed by atoms with Gasteiger partial charge >= 0.3 is 0 Å². The van der Waals surface area contributed by atoms with Crippen LogP contribution in [-0.4, -0.2) is 27.3 Å². The quantitative estimate of drug-likeness (QED) is 0.718. The van der Waals surface area contributed by atoms with Crippen LogP contribution in [0.1, 0.15) is 49.5 Å². The van der Waals surface area contributed by atoms with Gasteiger partial charge in [0.2, 0.25) is 5.91 Å². The molecule has 1 atom stereocenters. The number of carbonyl (C=O) groups excluding carboxylic acids is 1. The number of pyridine rings is 1. The van der Waals surface area contributed by atoms with Gasteiger partial charge in [0.1, 0.15) is 23.1 Å². The lowest BCUT2D eigenvalue weighted by Gasteiger charge is -2.20. The second kappa shape index (κ2) is 7.52. The van der Waals surface area contributed by atoms with E-state index >= 15 is 0 Å². The van der Waals surface area contributed by atoms with Crippen molar-refractivity contribution in [3.63, 3.8) is 0 Å². The number of amides is 1. The first-order chi connectivity index (χ1) is 13.1. The van der Waals surface area contributed by atoms with Crippen LogP contribution in [0.2, 0.25) is 0 Å². The minimum atomic E-state index is -0.292. The normalized spacial score (nSPS) is 17.4. The smallest absolute Gasteiger partial charge is 0.217 e. The Morgan fingerprint density at radius 1 is 1.37 bits per heavy atom. The molecule has 142 valence electrons. The standard InChI is InChI=1S/C20H24N4O3/c1-13-11-14(16-7-8-18(27-16)17-5-2-3-10-26-17)23-15-12-22-24(20(13)15)9-4-6-19(21)25/h7-8,11-12,17H,2-6,9-10H2,1H3,(H2,21,25). The fourth-order valence-electron chi connectivity index (χ4n) is 3.63. The number of aryl methyl sites for hydroxylation is 2. The lowest BCUT2D eigenvalue weighted by atomic mass is 10.1. The van der Waals surface area contributed by atoms with Gasteiger partial charge in [-0.25, -0.2) is 4.98 Å². The number of aromatic nitrogens is 3. The van der Waals surface area contributed by atoms with Crippen LogP contribution in [0.4, 0.5) is 0 Å². The van der Waals surface area contributed by atoms with Gasteiger partial charge in [0.15, 0.2) is 5.76 Å². The van der Waals surface area contributed by atoms with Gasteiger partial charge in [0.25, 0.3) is 0 Å². The van der Waals surface area contributed by atoms with Crippen LogP contribution in [-0.2, 0) is 16.1 Å². The molecule has 1 saturated heterocycles. The van der Waals surface area contributed by atoms with Crippen molar-refractivity contribution >= 4 is 16.9 Å². The predicted octanol–water partition coefficient (Wildman–Crippen LogP) is 3.51. The fourth-order valence-corrected chi connectivity index (χ4v) is 3.63. The minimum absolute atomic E-state index is 0.0466. The van der Waals surface area contributed by atoms with Gasteiger partial charge in [0.05, 0.1) is 11.7 Å². The molecular formula is C20H24N4O3. The minimum Gasteiger partial charge on any atom is -0.457 e. The Morgan fingerprint density at radius 2 is 2.26 bits per heavy atom. The SMILES string of the molecule is Cc1cc(-c2ccc(C3CCCCO3)o2)nc2cnn(CCCC(N)=O)c12. The second-order valence-electron chi connectivity index (χ2n) is 7.05. The van der Waals surface area contributed by atoms with E-state index in [9.17, 15) is 4.79 Å². The lowest BCUT2D eigenvalue weighted by Crippen LogP contribution is -2.12. The van der Waals surface area contributed by atoms with E-state index in [1.54, 1.807) is 6.20 Å². The third-order valence-corrected chi connectivity index (χ3v) is 4.96. The molecule has 1 unspecified atom stereocenters. The average Bonchev–Trinajstić information content (AvgIpc) is 3.30. The molecule has 0 aliphatic carbocycles. The number of rotatable bonds is 6. The van der Waals surface area contributed by atoms with Crippen LogP contribution < -0.4 is 5.73 Å². The number of ether oxygens (including phenoxy) is 1. The van der Waals surface area contributed by atoms with E-state index in [2.05, 4.69) is 5.10 Å². The molecule has 0 spiro atoms. The van der Waals surface area contributed by atoms with E-state index in [1.165, 1.54) is 6.42 Å². The zero-order valence-corrected chi connectivity index (χ0v) is 15.5. The maximum Gasteiger partial charge on any atom is 0.217 e. The third kappa shape index (κ3) is 3.73. The monoisotopic (exact) mass is 368 g/mol. The molecule has 27 heavy (non-hydrogen) atoms. The van der Waals surface area contributed by atoms with Crippen LogP contribution in [0.25, 0.3) is 22.5 Å². The zero-order chi connectivity index (χ0) is 18.8. The molecule has 4 rings (SSSR count). The van der Waals surface area contributed by atoms with Crippen molar-refractivity contribution in [3.05, 3.63) is 35.7 Å². The number of hydrogen-bond acceptors (Lipinski definition) is 5. The number of hydrogen-bond donors (Lipinski definition) is 1. The molecule has 1 fully saturated rings. The topological polar surface area (TPSA) is 96.2 Å². The number of furan rings is 1. The van der Waals surface area contributed by atoms with E-state index in [-0.39, 0.29) is 12.0 Å². The summed E-state index contributed by atoms with van der Waals surface area (Å²) >= 11 is 0. The molecule has 0 saturated carbocycles. The summed E-state index contributed by atoms with van der Waals surface area (Å²) in [4.78, 5) is 15.7. The Labute approximate surface area is 157 Å². The Hall–Kier alpha value is -2.67. The van der Waals surface area contributed by atoms with Gasteiger partial charge < -0.3 is 14.9 Å². The summed E-state index contributed by atoms with van der Waals surface area (Å²) in [7, 11) is 0. The lowest BCUT2D eigenvalue weighted by molar-refractivity contribution is -0.118. The van der Waals surface area contributed by atoms with Gasteiger partial charge in [0, 0.05) is 19.6 Å². The first kappa shape index (κ1) is 17.7. The number of carbonyl (C=O) groups is 1. The second-order valence-corrected chi connectivity index (χ2v) is 7.05. The van der Waals surface area contributed by atoms with Gasteiger partial charge in [-0.2, -0.15) is 5.10 Å². The highest BCUT2D eigenvalue weighted by Gasteiger charge is 2.20. The van der Waals surface area contributed by atoms with Crippen LogP contribution >= 0.6 is 0 Å². The number of nitrogens with two attached hydrogens (primary N) is 1. The Morgan fingerprint density at radius 3 is 3.04 bits per heavy atom. The van der Waals surface area contributed by atoms with E-state index in [0.717, 1.165) is 53.3 Å². The molecule has 1 aliphatic heterocycles. The maximum absolute atomic E-state index is 10.9. The predicted molar refractivity (Wildman–Crippen MR) is 101 cm³/mol. The van der Waals surface area contributed by atoms with E-state index in [1.807, 2.05) is 29.8 Å². The van der Waals surface area contributed by atoms with E-state index < -0.39 is 0 Å². The summed E-state index contributed by atoms with van der Waals surface area (Å²) in [5.41, 5.74) is 8.87. The Kier molecular flexibility index (Phi) is 4.94. The van der Waals surface area contributed by atoms with E-state index in [0.29, 0.717) is 19.4 Å². The molecule has 3 aromatic heterocycles. The first-order valence-corrected chi connectivity index (χ1v) is 9.45. The molecule has 7 heteroatoms. The number of nitrogens with zero attached hydrogens (tertiary/aromatic N) is 3. The van der Waals surface area contributed by atoms with Crippen LogP contribution in [0, 0.1) is 6.92 Å². The summed E-state index contributed by atoms with van der Waals surface area (Å²) in [5.74, 6) is 1.32. The van der Waals surface area contributed by atoms with Gasteiger partial charge in [-0.05, 0) is 56.4 Å². The molecule has 0 radical (unpaired) electrons. The largest absolute Gasteiger partial charge is 0.457 e.